The first kappa shape index (κ1) is 10.8. The second-order valence-corrected chi connectivity index (χ2v) is 5.81. The number of fused-ring (bicyclic) bond motifs is 1. The summed E-state index contributed by atoms with van der Waals surface area (Å²) in [6.45, 7) is 2.04. The maximum Gasteiger partial charge on any atom is 0.180 e. The van der Waals surface area contributed by atoms with Crippen LogP contribution in [0, 0.1) is 6.92 Å². The van der Waals surface area contributed by atoms with Crippen molar-refractivity contribution in [1.82, 2.24) is 4.98 Å². The second-order valence-electron chi connectivity index (χ2n) is 4.69. The van der Waals surface area contributed by atoms with E-state index >= 15 is 0 Å². The number of thiazole rings is 1. The minimum atomic E-state index is 0.679. The lowest BCUT2D eigenvalue weighted by Crippen LogP contribution is -1.91. The number of aryl methyl sites for hydroxylation is 3. The van der Waals surface area contributed by atoms with Gasteiger partial charge in [0.25, 0.3) is 0 Å². The molecule has 2 N–H and O–H groups in total. The van der Waals surface area contributed by atoms with Crippen molar-refractivity contribution in [3.63, 3.8) is 0 Å². The molecule has 88 valence electrons. The lowest BCUT2D eigenvalue weighted by molar-refractivity contribution is 0.911. The quantitative estimate of drug-likeness (QED) is 0.881. The van der Waals surface area contributed by atoms with E-state index in [-0.39, 0.29) is 0 Å². The van der Waals surface area contributed by atoms with Crippen molar-refractivity contribution in [2.75, 3.05) is 5.73 Å². The molecule has 0 atom stereocenters. The van der Waals surface area contributed by atoms with Crippen LogP contribution in [0.5, 0.6) is 0 Å². The average Bonchev–Trinajstić information content (AvgIpc) is 2.85. The molecule has 0 saturated heterocycles. The molecule has 0 aliphatic heterocycles. The van der Waals surface area contributed by atoms with E-state index in [4.69, 9.17) is 5.73 Å². The van der Waals surface area contributed by atoms with Gasteiger partial charge < -0.3 is 5.73 Å². The van der Waals surface area contributed by atoms with Crippen LogP contribution in [0.4, 0.5) is 5.13 Å². The van der Waals surface area contributed by atoms with Gasteiger partial charge in [0.15, 0.2) is 5.13 Å². The Balaban J connectivity index is 1.88. The van der Waals surface area contributed by atoms with Crippen molar-refractivity contribution in [3.05, 3.63) is 45.5 Å². The van der Waals surface area contributed by atoms with Gasteiger partial charge in [-0.2, -0.15) is 0 Å². The Hall–Kier alpha value is -1.35. The number of nitrogens with two attached hydrogens (primary N) is 1. The number of hydrogen-bond acceptors (Lipinski definition) is 3. The van der Waals surface area contributed by atoms with E-state index in [9.17, 15) is 0 Å². The Morgan fingerprint density at radius 2 is 2.12 bits per heavy atom. The highest BCUT2D eigenvalue weighted by molar-refractivity contribution is 7.15. The molecular weight excluding hydrogens is 228 g/mol. The molecule has 0 radical (unpaired) electrons. The molecule has 1 aromatic carbocycles. The van der Waals surface area contributed by atoms with Crippen molar-refractivity contribution >= 4 is 16.5 Å². The molecule has 3 heteroatoms. The Kier molecular flexibility index (Phi) is 2.63. The molecule has 1 heterocycles. The number of benzene rings is 1. The fraction of sp³-hybridized carbons (Fsp3) is 0.357. The molecule has 0 fully saturated rings. The molecule has 2 aromatic rings. The van der Waals surface area contributed by atoms with Gasteiger partial charge in [0.05, 0.1) is 5.69 Å². The van der Waals surface area contributed by atoms with Crippen LogP contribution in [0.3, 0.4) is 0 Å². The fourth-order valence-corrected chi connectivity index (χ4v) is 3.40. The molecule has 17 heavy (non-hydrogen) atoms. The van der Waals surface area contributed by atoms with Crippen LogP contribution in [0.15, 0.2) is 18.2 Å². The normalized spacial score (nSPS) is 13.9. The number of nitrogen functional groups attached to an aromatic ring is 1. The molecule has 0 spiro atoms. The summed E-state index contributed by atoms with van der Waals surface area (Å²) in [6, 6.07) is 6.90. The zero-order chi connectivity index (χ0) is 11.8. The Labute approximate surface area is 106 Å². The molecule has 1 aliphatic rings. The van der Waals surface area contributed by atoms with Crippen LogP contribution >= 0.6 is 11.3 Å². The van der Waals surface area contributed by atoms with Gasteiger partial charge >= 0.3 is 0 Å². The third-order valence-electron chi connectivity index (χ3n) is 3.44. The Morgan fingerprint density at radius 3 is 2.88 bits per heavy atom. The third kappa shape index (κ3) is 2.07. The van der Waals surface area contributed by atoms with Crippen molar-refractivity contribution in [2.24, 2.45) is 0 Å². The maximum atomic E-state index is 5.73. The van der Waals surface area contributed by atoms with E-state index < -0.39 is 0 Å². The first-order valence-electron chi connectivity index (χ1n) is 6.05. The van der Waals surface area contributed by atoms with Gasteiger partial charge in [-0.3, -0.25) is 0 Å². The van der Waals surface area contributed by atoms with Gasteiger partial charge in [0.1, 0.15) is 0 Å². The van der Waals surface area contributed by atoms with Crippen molar-refractivity contribution < 1.29 is 0 Å². The van der Waals surface area contributed by atoms with Gasteiger partial charge in [0, 0.05) is 11.3 Å². The summed E-state index contributed by atoms with van der Waals surface area (Å²) in [7, 11) is 0. The molecule has 0 bridgehead atoms. The number of aromatic nitrogens is 1. The molecule has 0 saturated carbocycles. The first-order valence-corrected chi connectivity index (χ1v) is 6.86. The standard InChI is InChI=1S/C14H16N2S/c1-9-13(17-14(15)16-9)8-10-5-6-11-3-2-4-12(11)7-10/h5-7H,2-4,8H2,1H3,(H2,15,16). The smallest absolute Gasteiger partial charge is 0.180 e. The molecular formula is C14H16N2S. The van der Waals surface area contributed by atoms with Crippen LogP contribution in [0.1, 0.15) is 33.7 Å². The van der Waals surface area contributed by atoms with Gasteiger partial charge in [-0.25, -0.2) is 4.98 Å². The van der Waals surface area contributed by atoms with Crippen LogP contribution in [0.2, 0.25) is 0 Å². The van der Waals surface area contributed by atoms with Crippen molar-refractivity contribution in [1.29, 1.82) is 0 Å². The van der Waals surface area contributed by atoms with Crippen molar-refractivity contribution in [3.8, 4) is 0 Å². The highest BCUT2D eigenvalue weighted by Gasteiger charge is 2.12. The van der Waals surface area contributed by atoms with Crippen molar-refractivity contribution in [2.45, 2.75) is 32.6 Å². The van der Waals surface area contributed by atoms with Crippen LogP contribution in [-0.2, 0) is 19.3 Å². The number of nitrogens with zero attached hydrogens (tertiary/aromatic N) is 1. The summed E-state index contributed by atoms with van der Waals surface area (Å²) in [5, 5.41) is 0.679. The molecule has 0 amide bonds. The fourth-order valence-electron chi connectivity index (χ4n) is 2.54. The predicted molar refractivity (Wildman–Crippen MR) is 72.5 cm³/mol. The highest BCUT2D eigenvalue weighted by atomic mass is 32.1. The van der Waals surface area contributed by atoms with Crippen LogP contribution in [-0.4, -0.2) is 4.98 Å². The summed E-state index contributed by atoms with van der Waals surface area (Å²) < 4.78 is 0. The minimum absolute atomic E-state index is 0.679. The van der Waals surface area contributed by atoms with E-state index in [1.807, 2.05) is 6.92 Å². The summed E-state index contributed by atoms with van der Waals surface area (Å²) in [5.41, 5.74) is 11.3. The third-order valence-corrected chi connectivity index (χ3v) is 4.42. The molecule has 1 aromatic heterocycles. The van der Waals surface area contributed by atoms with E-state index in [1.165, 1.54) is 40.8 Å². The lowest BCUT2D eigenvalue weighted by atomic mass is 10.0. The summed E-state index contributed by atoms with van der Waals surface area (Å²) in [4.78, 5) is 5.57. The molecule has 1 aliphatic carbocycles. The van der Waals surface area contributed by atoms with E-state index in [0.717, 1.165) is 12.1 Å². The van der Waals surface area contributed by atoms with Gasteiger partial charge in [-0.1, -0.05) is 18.2 Å². The predicted octanol–water partition coefficient (Wildman–Crippen LogP) is 3.11. The SMILES string of the molecule is Cc1nc(N)sc1Cc1ccc2c(c1)CCC2. The summed E-state index contributed by atoms with van der Waals surface area (Å²) in [5.74, 6) is 0. The Bertz CT molecular complexity index is 557. The van der Waals surface area contributed by atoms with Gasteiger partial charge in [0.2, 0.25) is 0 Å². The van der Waals surface area contributed by atoms with E-state index in [1.54, 1.807) is 11.3 Å². The number of rotatable bonds is 2. The second kappa shape index (κ2) is 4.15. The van der Waals surface area contributed by atoms with Gasteiger partial charge in [-0.05, 0) is 42.9 Å². The van der Waals surface area contributed by atoms with Crippen LogP contribution in [0.25, 0.3) is 0 Å². The highest BCUT2D eigenvalue weighted by Crippen LogP contribution is 2.26. The Morgan fingerprint density at radius 1 is 1.29 bits per heavy atom. The molecule has 3 rings (SSSR count). The minimum Gasteiger partial charge on any atom is -0.375 e. The maximum absolute atomic E-state index is 5.73. The van der Waals surface area contributed by atoms with E-state index in [2.05, 4.69) is 23.2 Å². The number of hydrogen-bond donors (Lipinski definition) is 1. The zero-order valence-electron chi connectivity index (χ0n) is 9.99. The summed E-state index contributed by atoms with van der Waals surface area (Å²) in [6.07, 6.45) is 4.77. The number of anilines is 1. The first-order chi connectivity index (χ1) is 8.22. The van der Waals surface area contributed by atoms with Crippen LogP contribution < -0.4 is 5.73 Å². The monoisotopic (exact) mass is 244 g/mol. The lowest BCUT2D eigenvalue weighted by Gasteiger charge is -2.04. The van der Waals surface area contributed by atoms with Gasteiger partial charge in [-0.15, -0.1) is 11.3 Å². The molecule has 2 nitrogen and oxygen atoms in total. The largest absolute Gasteiger partial charge is 0.375 e. The summed E-state index contributed by atoms with van der Waals surface area (Å²) >= 11 is 1.61. The molecule has 0 unspecified atom stereocenters. The topological polar surface area (TPSA) is 38.9 Å². The zero-order valence-corrected chi connectivity index (χ0v) is 10.8. The van der Waals surface area contributed by atoms with E-state index in [0.29, 0.717) is 5.13 Å². The average molecular weight is 244 g/mol.